The zero-order valence-electron chi connectivity index (χ0n) is 15.9. The maximum absolute atomic E-state index is 12.5. The molecular formula is C20H23N4O5+. The minimum atomic E-state index is -0.449. The van der Waals surface area contributed by atoms with Crippen LogP contribution in [0.25, 0.3) is 0 Å². The van der Waals surface area contributed by atoms with Gasteiger partial charge in [0.1, 0.15) is 6.54 Å². The van der Waals surface area contributed by atoms with E-state index in [9.17, 15) is 14.9 Å². The second kappa shape index (κ2) is 8.36. The van der Waals surface area contributed by atoms with Crippen molar-refractivity contribution in [2.45, 2.75) is 6.54 Å². The summed E-state index contributed by atoms with van der Waals surface area (Å²) in [5.74, 6) is 1.58. The van der Waals surface area contributed by atoms with Crippen LogP contribution in [0, 0.1) is 10.1 Å². The molecule has 2 N–H and O–H groups in total. The number of quaternary nitrogens is 1. The summed E-state index contributed by atoms with van der Waals surface area (Å²) in [5, 5.41) is 13.8. The van der Waals surface area contributed by atoms with Crippen LogP contribution in [0.2, 0.25) is 0 Å². The van der Waals surface area contributed by atoms with Crippen LogP contribution in [-0.4, -0.2) is 55.2 Å². The highest BCUT2D eigenvalue weighted by molar-refractivity contribution is 5.81. The summed E-state index contributed by atoms with van der Waals surface area (Å²) in [6, 6.07) is 12.2. The van der Waals surface area contributed by atoms with E-state index in [0.29, 0.717) is 18.8 Å². The lowest BCUT2D eigenvalue weighted by Crippen LogP contribution is -3.13. The summed E-state index contributed by atoms with van der Waals surface area (Å²) in [6.07, 6.45) is 0. The number of hydrogen-bond acceptors (Lipinski definition) is 6. The molecule has 29 heavy (non-hydrogen) atoms. The second-order valence-corrected chi connectivity index (χ2v) is 7.16. The molecule has 0 unspecified atom stereocenters. The molecule has 9 nitrogen and oxygen atoms in total. The number of carbonyl (C=O) groups excluding carboxylic acids is 1. The highest BCUT2D eigenvalue weighted by atomic mass is 16.7. The average molecular weight is 399 g/mol. The molecule has 0 bridgehead atoms. The molecule has 0 radical (unpaired) electrons. The quantitative estimate of drug-likeness (QED) is 0.547. The van der Waals surface area contributed by atoms with Gasteiger partial charge in [0.15, 0.2) is 11.5 Å². The monoisotopic (exact) mass is 399 g/mol. The van der Waals surface area contributed by atoms with Crippen LogP contribution in [0.5, 0.6) is 11.5 Å². The van der Waals surface area contributed by atoms with Crippen LogP contribution in [-0.2, 0) is 11.3 Å². The first kappa shape index (κ1) is 19.0. The Morgan fingerprint density at radius 3 is 2.72 bits per heavy atom. The van der Waals surface area contributed by atoms with Crippen molar-refractivity contribution in [2.75, 3.05) is 44.8 Å². The summed E-state index contributed by atoms with van der Waals surface area (Å²) in [7, 11) is 0. The van der Waals surface area contributed by atoms with Crippen molar-refractivity contribution < 1.29 is 24.1 Å². The second-order valence-electron chi connectivity index (χ2n) is 7.16. The minimum Gasteiger partial charge on any atom is -0.454 e. The Hall–Kier alpha value is -3.33. The molecule has 1 amide bonds. The zero-order chi connectivity index (χ0) is 20.2. The van der Waals surface area contributed by atoms with Gasteiger partial charge in [0.05, 0.1) is 37.6 Å². The van der Waals surface area contributed by atoms with Crippen LogP contribution < -0.4 is 19.7 Å². The number of nitro benzene ring substituents is 1. The smallest absolute Gasteiger partial charge is 0.271 e. The maximum Gasteiger partial charge on any atom is 0.271 e. The molecule has 0 aromatic heterocycles. The van der Waals surface area contributed by atoms with Gasteiger partial charge in [0.2, 0.25) is 12.7 Å². The average Bonchev–Trinajstić information content (AvgIpc) is 3.20. The SMILES string of the molecule is O=C(CNc1cccc([N+](=O)[O-])c1)N1CC[NH+](Cc2ccc3c(c2)OCO3)CC1. The Morgan fingerprint density at radius 1 is 1.14 bits per heavy atom. The first-order valence-corrected chi connectivity index (χ1v) is 9.57. The van der Waals surface area contributed by atoms with Crippen molar-refractivity contribution in [1.29, 1.82) is 0 Å². The van der Waals surface area contributed by atoms with Crippen molar-refractivity contribution in [1.82, 2.24) is 4.90 Å². The molecule has 0 saturated carbocycles. The number of anilines is 1. The van der Waals surface area contributed by atoms with E-state index in [2.05, 4.69) is 11.4 Å². The number of non-ortho nitro benzene ring substituents is 1. The molecule has 0 spiro atoms. The third-order valence-corrected chi connectivity index (χ3v) is 5.22. The fourth-order valence-corrected chi connectivity index (χ4v) is 3.61. The van der Waals surface area contributed by atoms with Crippen LogP contribution >= 0.6 is 0 Å². The standard InChI is InChI=1S/C20H22N4O5/c25-20(12-21-16-2-1-3-17(11-16)24(26)27)23-8-6-22(7-9-23)13-15-4-5-18-19(10-15)29-14-28-18/h1-5,10-11,21H,6-9,12-14H2/p+1. The van der Waals surface area contributed by atoms with Crippen molar-refractivity contribution in [2.24, 2.45) is 0 Å². The molecule has 2 aromatic rings. The zero-order valence-corrected chi connectivity index (χ0v) is 15.9. The molecule has 2 aromatic carbocycles. The number of amides is 1. The number of nitrogens with zero attached hydrogens (tertiary/aromatic N) is 2. The lowest BCUT2D eigenvalue weighted by Gasteiger charge is -2.32. The van der Waals surface area contributed by atoms with Gasteiger partial charge in [-0.05, 0) is 24.3 Å². The number of carbonyl (C=O) groups is 1. The summed E-state index contributed by atoms with van der Waals surface area (Å²) < 4.78 is 10.8. The van der Waals surface area contributed by atoms with Crippen molar-refractivity contribution >= 4 is 17.3 Å². The summed E-state index contributed by atoms with van der Waals surface area (Å²) in [4.78, 5) is 26.1. The van der Waals surface area contributed by atoms with Gasteiger partial charge in [0.25, 0.3) is 5.69 Å². The van der Waals surface area contributed by atoms with Gasteiger partial charge in [-0.2, -0.15) is 0 Å². The van der Waals surface area contributed by atoms with E-state index in [0.717, 1.165) is 31.1 Å². The van der Waals surface area contributed by atoms with Gasteiger partial charge in [0, 0.05) is 23.4 Å². The molecule has 2 aliphatic rings. The summed E-state index contributed by atoms with van der Waals surface area (Å²) in [5.41, 5.74) is 1.76. The van der Waals surface area contributed by atoms with Gasteiger partial charge in [-0.1, -0.05) is 6.07 Å². The van der Waals surface area contributed by atoms with Crippen molar-refractivity contribution in [3.8, 4) is 11.5 Å². The normalized spacial score (nSPS) is 15.9. The van der Waals surface area contributed by atoms with Gasteiger partial charge in [-0.3, -0.25) is 14.9 Å². The number of nitrogens with one attached hydrogen (secondary N) is 2. The Balaban J connectivity index is 1.24. The number of hydrogen-bond donors (Lipinski definition) is 2. The Morgan fingerprint density at radius 2 is 1.93 bits per heavy atom. The first-order valence-electron chi connectivity index (χ1n) is 9.57. The van der Waals surface area contributed by atoms with E-state index < -0.39 is 4.92 Å². The van der Waals surface area contributed by atoms with E-state index >= 15 is 0 Å². The van der Waals surface area contributed by atoms with Crippen LogP contribution in [0.3, 0.4) is 0 Å². The predicted molar refractivity (Wildman–Crippen MR) is 105 cm³/mol. The third kappa shape index (κ3) is 4.57. The molecule has 9 heteroatoms. The van der Waals surface area contributed by atoms with Crippen LogP contribution in [0.1, 0.15) is 5.56 Å². The van der Waals surface area contributed by atoms with E-state index in [1.807, 2.05) is 17.0 Å². The first-order chi connectivity index (χ1) is 14.1. The lowest BCUT2D eigenvalue weighted by atomic mass is 10.1. The van der Waals surface area contributed by atoms with E-state index in [-0.39, 0.29) is 24.9 Å². The summed E-state index contributed by atoms with van der Waals surface area (Å²) in [6.45, 7) is 4.40. The maximum atomic E-state index is 12.5. The number of nitro groups is 1. The topological polar surface area (TPSA) is 98.4 Å². The van der Waals surface area contributed by atoms with Crippen molar-refractivity contribution in [3.63, 3.8) is 0 Å². The molecule has 0 atom stereocenters. The van der Waals surface area contributed by atoms with E-state index in [1.54, 1.807) is 12.1 Å². The Bertz CT molecular complexity index is 911. The summed E-state index contributed by atoms with van der Waals surface area (Å²) >= 11 is 0. The van der Waals surface area contributed by atoms with Crippen LogP contribution in [0.4, 0.5) is 11.4 Å². The van der Waals surface area contributed by atoms with Gasteiger partial charge in [-0.25, -0.2) is 0 Å². The minimum absolute atomic E-state index is 0.00126. The largest absolute Gasteiger partial charge is 0.454 e. The predicted octanol–water partition coefficient (Wildman–Crippen LogP) is 0.663. The van der Waals surface area contributed by atoms with Crippen LogP contribution in [0.15, 0.2) is 42.5 Å². The van der Waals surface area contributed by atoms with E-state index in [4.69, 9.17) is 9.47 Å². The fourth-order valence-electron chi connectivity index (χ4n) is 3.61. The van der Waals surface area contributed by atoms with Crippen molar-refractivity contribution in [3.05, 3.63) is 58.1 Å². The lowest BCUT2D eigenvalue weighted by molar-refractivity contribution is -0.917. The molecule has 1 fully saturated rings. The molecule has 2 aliphatic heterocycles. The fraction of sp³-hybridized carbons (Fsp3) is 0.350. The number of rotatable bonds is 6. The number of piperazine rings is 1. The molecule has 152 valence electrons. The highest BCUT2D eigenvalue weighted by Gasteiger charge is 2.24. The molecule has 1 saturated heterocycles. The molecular weight excluding hydrogens is 376 g/mol. The number of ether oxygens (including phenoxy) is 2. The van der Waals surface area contributed by atoms with E-state index in [1.165, 1.54) is 22.6 Å². The molecule has 2 heterocycles. The molecule has 4 rings (SSSR count). The Labute approximate surface area is 168 Å². The highest BCUT2D eigenvalue weighted by Crippen LogP contribution is 2.32. The number of fused-ring (bicyclic) bond motifs is 1. The van der Waals surface area contributed by atoms with Gasteiger partial charge >= 0.3 is 0 Å². The third-order valence-electron chi connectivity index (χ3n) is 5.22. The molecule has 0 aliphatic carbocycles. The van der Waals surface area contributed by atoms with Gasteiger partial charge < -0.3 is 24.6 Å². The number of benzene rings is 2. The van der Waals surface area contributed by atoms with Gasteiger partial charge in [-0.15, -0.1) is 0 Å². The Kier molecular flexibility index (Phi) is 5.48.